The van der Waals surface area contributed by atoms with Gasteiger partial charge < -0.3 is 44.7 Å². The van der Waals surface area contributed by atoms with E-state index in [1.54, 1.807) is 43.4 Å². The number of benzene rings is 1. The molecule has 5 rings (SSSR count). The van der Waals surface area contributed by atoms with Gasteiger partial charge in [0, 0.05) is 30.8 Å². The van der Waals surface area contributed by atoms with E-state index in [2.05, 4.69) is 15.3 Å². The van der Waals surface area contributed by atoms with E-state index in [-0.39, 0.29) is 12.5 Å². The molecule has 1 aromatic carbocycles. The maximum atomic E-state index is 12.1. The van der Waals surface area contributed by atoms with Crippen LogP contribution in [0.1, 0.15) is 24.1 Å². The molecule has 1 atom stereocenters. The van der Waals surface area contributed by atoms with Crippen LogP contribution in [0.4, 0.5) is 22.4 Å². The number of methoxy groups -OCH3 is 3. The lowest BCUT2D eigenvalue weighted by Crippen LogP contribution is -2.42. The van der Waals surface area contributed by atoms with Gasteiger partial charge in [-0.25, -0.2) is 14.8 Å². The number of amides is 2. The van der Waals surface area contributed by atoms with Crippen LogP contribution in [0.3, 0.4) is 0 Å². The van der Waals surface area contributed by atoms with Gasteiger partial charge in [0.15, 0.2) is 17.3 Å². The van der Waals surface area contributed by atoms with Crippen molar-refractivity contribution in [3.8, 4) is 22.9 Å². The van der Waals surface area contributed by atoms with Crippen LogP contribution in [-0.4, -0.2) is 82.0 Å². The molecule has 4 N–H and O–H groups in total. The van der Waals surface area contributed by atoms with Gasteiger partial charge in [-0.1, -0.05) is 0 Å². The first-order valence-corrected chi connectivity index (χ1v) is 12.4. The molecule has 14 nitrogen and oxygen atoms in total. The van der Waals surface area contributed by atoms with Crippen molar-refractivity contribution in [3.63, 3.8) is 0 Å². The number of hydrogen-bond donors (Lipinski definition) is 3. The van der Waals surface area contributed by atoms with Gasteiger partial charge in [-0.3, -0.25) is 4.79 Å². The number of rotatable bonds is 8. The highest BCUT2D eigenvalue weighted by molar-refractivity contribution is 5.84. The van der Waals surface area contributed by atoms with E-state index < -0.39 is 18.0 Å². The van der Waals surface area contributed by atoms with E-state index in [0.29, 0.717) is 60.5 Å². The Kier molecular flexibility index (Phi) is 7.00. The second kappa shape index (κ2) is 10.6. The van der Waals surface area contributed by atoms with Crippen LogP contribution < -0.4 is 30.2 Å². The summed E-state index contributed by atoms with van der Waals surface area (Å²) in [7, 11) is 4.62. The minimum Gasteiger partial charge on any atom is -0.493 e. The van der Waals surface area contributed by atoms with E-state index in [0.717, 1.165) is 17.7 Å². The number of nitrogens with two attached hydrogens (primary N) is 1. The predicted octanol–water partition coefficient (Wildman–Crippen LogP) is 1.92. The average Bonchev–Trinajstić information content (AvgIpc) is 3.61. The fraction of sp³-hybridized carbons (Fsp3) is 0.400. The monoisotopic (exact) mass is 538 g/mol. The van der Waals surface area contributed by atoms with E-state index in [4.69, 9.17) is 24.9 Å². The van der Waals surface area contributed by atoms with Crippen LogP contribution in [0.25, 0.3) is 5.69 Å². The van der Waals surface area contributed by atoms with Gasteiger partial charge in [0.1, 0.15) is 18.2 Å². The number of carbonyl (C=O) groups excluding carboxylic acids is 1. The lowest BCUT2D eigenvalue weighted by Gasteiger charge is -2.31. The molecule has 1 fully saturated rings. The van der Waals surface area contributed by atoms with Gasteiger partial charge in [-0.05, 0) is 19.3 Å². The number of anilines is 3. The average molecular weight is 539 g/mol. The van der Waals surface area contributed by atoms with Gasteiger partial charge in [-0.2, -0.15) is 4.98 Å². The van der Waals surface area contributed by atoms with Crippen molar-refractivity contribution in [1.29, 1.82) is 0 Å². The van der Waals surface area contributed by atoms with Crippen molar-refractivity contribution in [2.24, 2.45) is 5.73 Å². The second-order valence-corrected chi connectivity index (χ2v) is 9.18. The highest BCUT2D eigenvalue weighted by Gasteiger charge is 2.34. The number of carboxylic acid groups (broad SMARTS) is 1. The lowest BCUT2D eigenvalue weighted by atomic mass is 10.0. The summed E-state index contributed by atoms with van der Waals surface area (Å²) in [6, 6.07) is 3.10. The van der Waals surface area contributed by atoms with Crippen LogP contribution in [0.2, 0.25) is 0 Å². The summed E-state index contributed by atoms with van der Waals surface area (Å²) in [4.78, 5) is 40.8. The molecule has 206 valence electrons. The number of primary amides is 1. The summed E-state index contributed by atoms with van der Waals surface area (Å²) in [5.74, 6) is 2.34. The Hall–Kier alpha value is -4.75. The summed E-state index contributed by atoms with van der Waals surface area (Å²) in [6.07, 6.45) is 4.21. The van der Waals surface area contributed by atoms with Crippen molar-refractivity contribution in [2.45, 2.75) is 31.8 Å². The second-order valence-electron chi connectivity index (χ2n) is 9.18. The molecule has 3 aromatic rings. The van der Waals surface area contributed by atoms with Crippen LogP contribution in [0, 0.1) is 0 Å². The number of fused-ring (bicyclic) bond motifs is 1. The van der Waals surface area contributed by atoms with Crippen molar-refractivity contribution in [1.82, 2.24) is 24.4 Å². The van der Waals surface area contributed by atoms with E-state index >= 15 is 0 Å². The summed E-state index contributed by atoms with van der Waals surface area (Å²) in [5.41, 5.74) is 7.80. The van der Waals surface area contributed by atoms with Crippen LogP contribution in [0.5, 0.6) is 17.2 Å². The number of hydrogen-bond acceptors (Lipinski definition) is 10. The van der Waals surface area contributed by atoms with Crippen molar-refractivity contribution in [2.75, 3.05) is 44.6 Å². The number of imidazole rings is 1. The maximum Gasteiger partial charge on any atom is 0.407 e. The van der Waals surface area contributed by atoms with Crippen molar-refractivity contribution >= 4 is 29.6 Å². The third kappa shape index (κ3) is 4.92. The van der Waals surface area contributed by atoms with Gasteiger partial charge in [0.05, 0.1) is 45.5 Å². The molecule has 2 amide bonds. The van der Waals surface area contributed by atoms with Gasteiger partial charge in [-0.15, -0.1) is 0 Å². The molecule has 2 aliphatic heterocycles. The first-order chi connectivity index (χ1) is 18.8. The number of nitrogens with one attached hydrogen (secondary N) is 1. The largest absolute Gasteiger partial charge is 0.493 e. The van der Waals surface area contributed by atoms with Gasteiger partial charge in [0.2, 0.25) is 17.6 Å². The van der Waals surface area contributed by atoms with Crippen molar-refractivity contribution in [3.05, 3.63) is 35.9 Å². The number of aromatic nitrogens is 4. The maximum absolute atomic E-state index is 12.1. The normalized spacial score (nSPS) is 16.5. The molecule has 0 unspecified atom stereocenters. The number of ether oxygens (including phenoxy) is 3. The number of carbonyl (C=O) groups is 2. The fourth-order valence-electron chi connectivity index (χ4n) is 5.04. The molecule has 2 aromatic heterocycles. The Morgan fingerprint density at radius 3 is 2.49 bits per heavy atom. The summed E-state index contributed by atoms with van der Waals surface area (Å²) in [6.45, 7) is 1.05. The smallest absolute Gasteiger partial charge is 0.407 e. The zero-order chi connectivity index (χ0) is 27.7. The zero-order valence-electron chi connectivity index (χ0n) is 21.9. The molecule has 0 radical (unpaired) electrons. The zero-order valence-corrected chi connectivity index (χ0v) is 21.9. The third-order valence-electron chi connectivity index (χ3n) is 6.94. The third-order valence-corrected chi connectivity index (χ3v) is 6.94. The van der Waals surface area contributed by atoms with E-state index in [9.17, 15) is 14.7 Å². The number of nitrogens with zero attached hydrogens (tertiary/aromatic N) is 6. The minimum absolute atomic E-state index is 0.115. The molecule has 1 saturated heterocycles. The standard InChI is InChI=1S/C25H30N8O6/c1-37-18-9-14(10-19(38-2)21(18)39-3)32-12-20(27-13-32)29-24-28-16-11-31(25(35)36)8-6-15(16)23(30-24)33-7-4-5-17(33)22(26)34/h9-10,12-13,17H,4-8,11H2,1-3H3,(H2,26,34)(H,35,36)(H,28,29,30)/t17-/m0/s1. The topological polar surface area (TPSA) is 170 Å². The molecule has 0 spiro atoms. The molecular formula is C25H30N8O6. The highest BCUT2D eigenvalue weighted by atomic mass is 16.5. The molecule has 14 heteroatoms. The highest BCUT2D eigenvalue weighted by Crippen LogP contribution is 2.39. The molecule has 0 saturated carbocycles. The predicted molar refractivity (Wildman–Crippen MR) is 140 cm³/mol. The van der Waals surface area contributed by atoms with Gasteiger partial charge >= 0.3 is 6.09 Å². The molecule has 0 bridgehead atoms. The Labute approximate surface area is 224 Å². The van der Waals surface area contributed by atoms with E-state index in [1.807, 2.05) is 4.90 Å². The molecule has 39 heavy (non-hydrogen) atoms. The first kappa shape index (κ1) is 25.9. The van der Waals surface area contributed by atoms with Crippen LogP contribution in [0.15, 0.2) is 24.7 Å². The molecule has 2 aliphatic rings. The first-order valence-electron chi connectivity index (χ1n) is 12.4. The Morgan fingerprint density at radius 1 is 1.10 bits per heavy atom. The summed E-state index contributed by atoms with van der Waals surface area (Å²) in [5, 5.41) is 12.7. The molecule has 0 aliphatic carbocycles. The Balaban J connectivity index is 1.49. The minimum atomic E-state index is -1.02. The molecule has 4 heterocycles. The van der Waals surface area contributed by atoms with Gasteiger partial charge in [0.25, 0.3) is 0 Å². The Morgan fingerprint density at radius 2 is 1.85 bits per heavy atom. The van der Waals surface area contributed by atoms with Crippen molar-refractivity contribution < 1.29 is 28.9 Å². The SMILES string of the molecule is COc1cc(-n2cnc(Nc3nc4c(c(N5CCC[C@H]5C(N)=O)n3)CCN(C(=O)O)C4)c2)cc(OC)c1OC. The lowest BCUT2D eigenvalue weighted by molar-refractivity contribution is -0.119. The van der Waals surface area contributed by atoms with Crippen LogP contribution in [-0.2, 0) is 17.8 Å². The van der Waals surface area contributed by atoms with E-state index in [1.165, 1.54) is 12.0 Å². The fourth-order valence-corrected chi connectivity index (χ4v) is 5.04. The summed E-state index contributed by atoms with van der Waals surface area (Å²) < 4.78 is 18.1. The Bertz CT molecular complexity index is 1380. The van der Waals surface area contributed by atoms with Crippen LogP contribution >= 0.6 is 0 Å². The molecular weight excluding hydrogens is 508 g/mol. The quantitative estimate of drug-likeness (QED) is 0.383. The summed E-state index contributed by atoms with van der Waals surface area (Å²) >= 11 is 0.